The molecule has 1 heterocycles. The number of aryl methyl sites for hydroxylation is 1. The third-order valence-corrected chi connectivity index (χ3v) is 2.70. The van der Waals surface area contributed by atoms with Crippen LogP contribution in [-0.2, 0) is 0 Å². The summed E-state index contributed by atoms with van der Waals surface area (Å²) in [6.07, 6.45) is 0. The molecule has 0 atom stereocenters. The second-order valence-corrected chi connectivity index (χ2v) is 3.74. The quantitative estimate of drug-likeness (QED) is 0.739. The number of aromatic nitrogens is 1. The summed E-state index contributed by atoms with van der Waals surface area (Å²) in [4.78, 5) is 0. The first-order valence-corrected chi connectivity index (χ1v) is 4.85. The van der Waals surface area contributed by atoms with Gasteiger partial charge in [0, 0.05) is 17.2 Å². The van der Waals surface area contributed by atoms with Gasteiger partial charge in [0.15, 0.2) is 5.76 Å². The minimum Gasteiger partial charge on any atom is -0.356 e. The lowest BCUT2D eigenvalue weighted by Gasteiger charge is -2.03. The highest BCUT2D eigenvalue weighted by Crippen LogP contribution is 2.31. The lowest BCUT2D eigenvalue weighted by atomic mass is 10.1. The normalized spacial score (nSPS) is 10.7. The zero-order valence-corrected chi connectivity index (χ0v) is 9.10. The van der Waals surface area contributed by atoms with E-state index < -0.39 is 0 Å². The maximum Gasteiger partial charge on any atom is 0.168 e. The van der Waals surface area contributed by atoms with Crippen molar-refractivity contribution in [3.63, 3.8) is 0 Å². The second-order valence-electron chi connectivity index (χ2n) is 3.37. The molecule has 0 fully saturated rings. The van der Waals surface area contributed by atoms with Gasteiger partial charge in [-0.05, 0) is 26.0 Å². The summed E-state index contributed by atoms with van der Waals surface area (Å²) in [5.41, 5.74) is 1.85. The van der Waals surface area contributed by atoms with Gasteiger partial charge in [-0.1, -0.05) is 16.8 Å². The molecule has 0 unspecified atom stereocenters. The third kappa shape index (κ3) is 1.75. The number of hydrogen-bond donors (Lipinski definition) is 0. The zero-order valence-electron chi connectivity index (χ0n) is 8.34. The van der Waals surface area contributed by atoms with Gasteiger partial charge in [0.25, 0.3) is 0 Å². The van der Waals surface area contributed by atoms with Gasteiger partial charge in [0.05, 0.1) is 10.7 Å². The van der Waals surface area contributed by atoms with Crippen molar-refractivity contribution < 1.29 is 8.91 Å². The molecule has 2 nitrogen and oxygen atoms in total. The number of rotatable bonds is 1. The lowest BCUT2D eigenvalue weighted by molar-refractivity contribution is 0.427. The summed E-state index contributed by atoms with van der Waals surface area (Å²) >= 11 is 6.01. The van der Waals surface area contributed by atoms with E-state index >= 15 is 0 Å². The standard InChI is InChI=1S/C11H9ClFNO/c1-6-5-10(15-14-6)8-3-4-9(13)7(2)11(8)12/h3-5H,1-2H3. The molecular weight excluding hydrogens is 217 g/mol. The first kappa shape index (κ1) is 10.2. The zero-order chi connectivity index (χ0) is 11.0. The molecule has 15 heavy (non-hydrogen) atoms. The van der Waals surface area contributed by atoms with Crippen LogP contribution in [0.2, 0.25) is 5.02 Å². The molecule has 0 spiro atoms. The topological polar surface area (TPSA) is 26.0 Å². The van der Waals surface area contributed by atoms with E-state index in [9.17, 15) is 4.39 Å². The van der Waals surface area contributed by atoms with Crippen molar-refractivity contribution in [3.05, 3.63) is 40.3 Å². The van der Waals surface area contributed by atoms with Crippen LogP contribution in [0.4, 0.5) is 4.39 Å². The average Bonchev–Trinajstić information content (AvgIpc) is 2.61. The third-order valence-electron chi connectivity index (χ3n) is 2.21. The van der Waals surface area contributed by atoms with E-state index in [0.29, 0.717) is 21.9 Å². The summed E-state index contributed by atoms with van der Waals surface area (Å²) < 4.78 is 18.2. The molecule has 0 amide bonds. The maximum atomic E-state index is 13.1. The van der Waals surface area contributed by atoms with Crippen molar-refractivity contribution >= 4 is 11.6 Å². The average molecular weight is 226 g/mol. The summed E-state index contributed by atoms with van der Waals surface area (Å²) in [5, 5.41) is 4.13. The molecule has 78 valence electrons. The van der Waals surface area contributed by atoms with Crippen LogP contribution in [0.3, 0.4) is 0 Å². The minimum absolute atomic E-state index is 0.319. The molecule has 0 N–H and O–H groups in total. The highest BCUT2D eigenvalue weighted by atomic mass is 35.5. The minimum atomic E-state index is -0.319. The van der Waals surface area contributed by atoms with Gasteiger partial charge in [-0.2, -0.15) is 0 Å². The molecule has 0 bridgehead atoms. The van der Waals surface area contributed by atoms with Crippen molar-refractivity contribution in [2.24, 2.45) is 0 Å². The van der Waals surface area contributed by atoms with E-state index in [1.807, 2.05) is 6.92 Å². The van der Waals surface area contributed by atoms with Crippen molar-refractivity contribution in [1.82, 2.24) is 5.16 Å². The van der Waals surface area contributed by atoms with Crippen molar-refractivity contribution in [2.75, 3.05) is 0 Å². The summed E-state index contributed by atoms with van der Waals surface area (Å²) in [5.74, 6) is 0.237. The Kier molecular flexibility index (Phi) is 2.49. The van der Waals surface area contributed by atoms with Crippen LogP contribution in [-0.4, -0.2) is 5.16 Å². The Morgan fingerprint density at radius 3 is 2.67 bits per heavy atom. The molecule has 0 aliphatic carbocycles. The highest BCUT2D eigenvalue weighted by molar-refractivity contribution is 6.34. The van der Waals surface area contributed by atoms with E-state index in [1.54, 1.807) is 19.1 Å². The molecule has 1 aromatic carbocycles. The van der Waals surface area contributed by atoms with Gasteiger partial charge in [-0.3, -0.25) is 0 Å². The molecule has 0 radical (unpaired) electrons. The summed E-state index contributed by atoms with van der Waals surface area (Å²) in [6.45, 7) is 3.45. The number of nitrogens with zero attached hydrogens (tertiary/aromatic N) is 1. The van der Waals surface area contributed by atoms with Gasteiger partial charge in [0.1, 0.15) is 5.82 Å². The van der Waals surface area contributed by atoms with E-state index in [2.05, 4.69) is 5.16 Å². The summed E-state index contributed by atoms with van der Waals surface area (Å²) in [7, 11) is 0. The van der Waals surface area contributed by atoms with Crippen LogP contribution < -0.4 is 0 Å². The van der Waals surface area contributed by atoms with Crippen LogP contribution in [0.5, 0.6) is 0 Å². The fourth-order valence-electron chi connectivity index (χ4n) is 1.34. The van der Waals surface area contributed by atoms with Crippen LogP contribution in [0, 0.1) is 19.7 Å². The Morgan fingerprint density at radius 1 is 1.33 bits per heavy atom. The van der Waals surface area contributed by atoms with Gasteiger partial charge >= 0.3 is 0 Å². The van der Waals surface area contributed by atoms with Gasteiger partial charge < -0.3 is 4.52 Å². The van der Waals surface area contributed by atoms with E-state index in [4.69, 9.17) is 16.1 Å². The van der Waals surface area contributed by atoms with Crippen LogP contribution in [0.1, 0.15) is 11.3 Å². The van der Waals surface area contributed by atoms with E-state index in [0.717, 1.165) is 5.69 Å². The first-order chi connectivity index (χ1) is 7.09. The SMILES string of the molecule is Cc1cc(-c2ccc(F)c(C)c2Cl)on1. The van der Waals surface area contributed by atoms with Crippen molar-refractivity contribution in [1.29, 1.82) is 0 Å². The summed E-state index contributed by atoms with van der Waals surface area (Å²) in [6, 6.07) is 4.72. The Morgan fingerprint density at radius 2 is 2.07 bits per heavy atom. The Hall–Kier alpha value is -1.35. The van der Waals surface area contributed by atoms with Gasteiger partial charge in [0.2, 0.25) is 0 Å². The number of halogens is 2. The predicted octanol–water partition coefficient (Wildman–Crippen LogP) is 3.75. The van der Waals surface area contributed by atoms with E-state index in [1.165, 1.54) is 6.07 Å². The van der Waals surface area contributed by atoms with Crippen LogP contribution in [0.25, 0.3) is 11.3 Å². The molecule has 0 saturated carbocycles. The molecule has 2 rings (SSSR count). The Balaban J connectivity index is 2.59. The monoisotopic (exact) mass is 225 g/mol. The Labute approximate surface area is 91.7 Å². The van der Waals surface area contributed by atoms with Crippen LogP contribution in [0.15, 0.2) is 22.7 Å². The Bertz CT molecular complexity index is 507. The molecule has 0 aliphatic rings. The molecular formula is C11H9ClFNO. The van der Waals surface area contributed by atoms with Crippen molar-refractivity contribution in [3.8, 4) is 11.3 Å². The highest BCUT2D eigenvalue weighted by Gasteiger charge is 2.12. The van der Waals surface area contributed by atoms with Gasteiger partial charge in [-0.25, -0.2) is 4.39 Å². The second kappa shape index (κ2) is 3.66. The molecule has 4 heteroatoms. The lowest BCUT2D eigenvalue weighted by Crippen LogP contribution is -1.86. The van der Waals surface area contributed by atoms with E-state index in [-0.39, 0.29) is 5.82 Å². The fourth-order valence-corrected chi connectivity index (χ4v) is 1.59. The van der Waals surface area contributed by atoms with Crippen LogP contribution >= 0.6 is 11.6 Å². The first-order valence-electron chi connectivity index (χ1n) is 4.48. The molecule has 2 aromatic rings. The smallest absolute Gasteiger partial charge is 0.168 e. The number of benzene rings is 1. The number of hydrogen-bond acceptors (Lipinski definition) is 2. The molecule has 0 aliphatic heterocycles. The van der Waals surface area contributed by atoms with Gasteiger partial charge in [-0.15, -0.1) is 0 Å². The fraction of sp³-hybridized carbons (Fsp3) is 0.182. The molecule has 0 saturated heterocycles. The molecule has 1 aromatic heterocycles. The maximum absolute atomic E-state index is 13.1. The predicted molar refractivity (Wildman–Crippen MR) is 56.4 cm³/mol. The van der Waals surface area contributed by atoms with Crippen molar-refractivity contribution in [2.45, 2.75) is 13.8 Å². The largest absolute Gasteiger partial charge is 0.356 e.